The topological polar surface area (TPSA) is 88.3 Å². The van der Waals surface area contributed by atoms with Crippen molar-refractivity contribution in [3.63, 3.8) is 0 Å². The van der Waals surface area contributed by atoms with Gasteiger partial charge < -0.3 is 10.0 Å². The van der Waals surface area contributed by atoms with Crippen LogP contribution in [0.2, 0.25) is 0 Å². The molecule has 1 atom stereocenters. The first-order valence-corrected chi connectivity index (χ1v) is 7.53. The summed E-state index contributed by atoms with van der Waals surface area (Å²) in [7, 11) is 1.78. The van der Waals surface area contributed by atoms with Crippen LogP contribution in [0.4, 0.5) is 5.69 Å². The van der Waals surface area contributed by atoms with Crippen molar-refractivity contribution < 1.29 is 14.7 Å². The Kier molecular flexibility index (Phi) is 4.10. The number of aromatic nitrogens is 3. The summed E-state index contributed by atoms with van der Waals surface area (Å²) in [6.07, 6.45) is 3.07. The second-order valence-corrected chi connectivity index (χ2v) is 5.67. The Morgan fingerprint density at radius 3 is 2.83 bits per heavy atom. The second kappa shape index (κ2) is 6.20. The minimum Gasteiger partial charge on any atom is -0.481 e. The molecule has 0 fully saturated rings. The number of fused-ring (bicyclic) bond motifs is 1. The van der Waals surface area contributed by atoms with Crippen LogP contribution in [0.15, 0.2) is 30.5 Å². The number of benzene rings is 1. The third-order valence-corrected chi connectivity index (χ3v) is 4.09. The molecule has 120 valence electrons. The molecule has 1 aromatic carbocycles. The van der Waals surface area contributed by atoms with Crippen molar-refractivity contribution in [3.8, 4) is 0 Å². The molecule has 1 amide bonds. The molecule has 1 aliphatic rings. The lowest BCUT2D eigenvalue weighted by Gasteiger charge is -2.32. The lowest BCUT2D eigenvalue weighted by atomic mass is 9.90. The van der Waals surface area contributed by atoms with Gasteiger partial charge in [0, 0.05) is 38.3 Å². The van der Waals surface area contributed by atoms with Crippen LogP contribution in [-0.4, -0.2) is 38.5 Å². The van der Waals surface area contributed by atoms with Crippen LogP contribution in [-0.2, 0) is 23.1 Å². The number of rotatable bonds is 4. The Hall–Kier alpha value is -2.70. The van der Waals surface area contributed by atoms with Crippen molar-refractivity contribution >= 4 is 17.6 Å². The molecule has 1 N–H and O–H groups in total. The average molecular weight is 314 g/mol. The number of nitrogens with zero attached hydrogens (tertiary/aromatic N) is 4. The molecule has 2 heterocycles. The Balaban J connectivity index is 1.76. The second-order valence-electron chi connectivity index (χ2n) is 5.67. The first-order chi connectivity index (χ1) is 11.1. The van der Waals surface area contributed by atoms with Crippen molar-refractivity contribution in [1.29, 1.82) is 0 Å². The molecule has 7 nitrogen and oxygen atoms in total. The molecule has 1 unspecified atom stereocenters. The van der Waals surface area contributed by atoms with Crippen molar-refractivity contribution in [1.82, 2.24) is 15.0 Å². The molecular formula is C16H18N4O3. The number of para-hydroxylation sites is 1. The van der Waals surface area contributed by atoms with Crippen LogP contribution >= 0.6 is 0 Å². The summed E-state index contributed by atoms with van der Waals surface area (Å²) in [5.74, 6) is -1.41. The predicted octanol–water partition coefficient (Wildman–Crippen LogP) is 1.35. The number of hydrogen-bond donors (Lipinski definition) is 1. The number of carbonyl (C=O) groups is 2. The maximum atomic E-state index is 12.5. The highest BCUT2D eigenvalue weighted by Gasteiger charge is 2.32. The summed E-state index contributed by atoms with van der Waals surface area (Å²) in [5.41, 5.74) is 2.18. The summed E-state index contributed by atoms with van der Waals surface area (Å²) in [4.78, 5) is 25.6. The molecule has 0 spiro atoms. The highest BCUT2D eigenvalue weighted by molar-refractivity contribution is 5.96. The summed E-state index contributed by atoms with van der Waals surface area (Å²) in [5, 5.41) is 17.2. The van der Waals surface area contributed by atoms with Crippen LogP contribution in [0.1, 0.15) is 30.0 Å². The van der Waals surface area contributed by atoms with Crippen LogP contribution in [0, 0.1) is 0 Å². The molecule has 23 heavy (non-hydrogen) atoms. The number of carbonyl (C=O) groups excluding carboxylic acids is 1. The molecule has 3 rings (SSSR count). The van der Waals surface area contributed by atoms with E-state index in [-0.39, 0.29) is 5.91 Å². The summed E-state index contributed by atoms with van der Waals surface area (Å²) in [6.45, 7) is 0.424. The Bertz CT molecular complexity index is 740. The standard InChI is InChI=1S/C16H18N4O3/c1-19-10-11(17-18-19)6-7-15(21)20-9-8-13(16(22)23)12-4-2-3-5-14(12)20/h2-5,10,13H,6-9H2,1H3,(H,22,23). The van der Waals surface area contributed by atoms with E-state index in [1.54, 1.807) is 28.9 Å². The lowest BCUT2D eigenvalue weighted by Crippen LogP contribution is -2.38. The first-order valence-electron chi connectivity index (χ1n) is 7.53. The van der Waals surface area contributed by atoms with Crippen LogP contribution in [0.3, 0.4) is 0 Å². The van der Waals surface area contributed by atoms with Gasteiger partial charge >= 0.3 is 5.97 Å². The van der Waals surface area contributed by atoms with Crippen molar-refractivity contribution in [2.75, 3.05) is 11.4 Å². The van der Waals surface area contributed by atoms with Crippen LogP contribution < -0.4 is 4.90 Å². The normalized spacial score (nSPS) is 16.9. The Morgan fingerprint density at radius 1 is 1.35 bits per heavy atom. The summed E-state index contributed by atoms with van der Waals surface area (Å²) in [6, 6.07) is 7.23. The van der Waals surface area contributed by atoms with Gasteiger partial charge in [0.05, 0.1) is 11.6 Å². The number of carboxylic acid groups (broad SMARTS) is 1. The third-order valence-electron chi connectivity index (χ3n) is 4.09. The van der Waals surface area contributed by atoms with Gasteiger partial charge in [0.15, 0.2) is 0 Å². The fourth-order valence-corrected chi connectivity index (χ4v) is 2.96. The summed E-state index contributed by atoms with van der Waals surface area (Å²) < 4.78 is 1.60. The minimum absolute atomic E-state index is 0.0214. The van der Waals surface area contributed by atoms with E-state index < -0.39 is 11.9 Å². The molecular weight excluding hydrogens is 296 g/mol. The molecule has 2 aromatic rings. The molecule has 0 saturated heterocycles. The zero-order valence-corrected chi connectivity index (χ0v) is 12.8. The monoisotopic (exact) mass is 314 g/mol. The molecule has 1 aliphatic heterocycles. The van der Waals surface area contributed by atoms with Gasteiger partial charge in [0.1, 0.15) is 0 Å². The SMILES string of the molecule is Cn1cc(CCC(=O)N2CCC(C(=O)O)c3ccccc32)nn1. The fraction of sp³-hybridized carbons (Fsp3) is 0.375. The first kappa shape index (κ1) is 15.2. The summed E-state index contributed by atoms with van der Waals surface area (Å²) >= 11 is 0. The van der Waals surface area contributed by atoms with E-state index in [2.05, 4.69) is 10.3 Å². The van der Waals surface area contributed by atoms with Gasteiger partial charge in [-0.2, -0.15) is 0 Å². The molecule has 0 saturated carbocycles. The largest absolute Gasteiger partial charge is 0.481 e. The Morgan fingerprint density at radius 2 is 2.13 bits per heavy atom. The third kappa shape index (κ3) is 3.08. The van der Waals surface area contributed by atoms with Gasteiger partial charge in [-0.3, -0.25) is 14.3 Å². The molecule has 1 aromatic heterocycles. The van der Waals surface area contributed by atoms with E-state index >= 15 is 0 Å². The van der Waals surface area contributed by atoms with Gasteiger partial charge in [0.2, 0.25) is 5.91 Å². The number of carboxylic acids is 1. The average Bonchev–Trinajstić information content (AvgIpc) is 2.97. The van der Waals surface area contributed by atoms with Gasteiger partial charge in [0.25, 0.3) is 0 Å². The Labute approximate surface area is 133 Å². The van der Waals surface area contributed by atoms with Gasteiger partial charge in [-0.1, -0.05) is 23.4 Å². The van der Waals surface area contributed by atoms with Gasteiger partial charge in [-0.05, 0) is 18.1 Å². The molecule has 0 bridgehead atoms. The van der Waals surface area contributed by atoms with Crippen molar-refractivity contribution in [2.24, 2.45) is 7.05 Å². The number of aryl methyl sites for hydroxylation is 2. The highest BCUT2D eigenvalue weighted by Crippen LogP contribution is 2.35. The quantitative estimate of drug-likeness (QED) is 0.920. The van der Waals surface area contributed by atoms with Crippen LogP contribution in [0.25, 0.3) is 0 Å². The van der Waals surface area contributed by atoms with Crippen LogP contribution in [0.5, 0.6) is 0 Å². The van der Waals surface area contributed by atoms with Gasteiger partial charge in [-0.15, -0.1) is 5.10 Å². The van der Waals surface area contributed by atoms with Crippen molar-refractivity contribution in [2.45, 2.75) is 25.2 Å². The van der Waals surface area contributed by atoms with Gasteiger partial charge in [-0.25, -0.2) is 0 Å². The number of aliphatic carboxylic acids is 1. The van der Waals surface area contributed by atoms with E-state index in [4.69, 9.17) is 0 Å². The zero-order chi connectivity index (χ0) is 16.4. The smallest absolute Gasteiger partial charge is 0.311 e. The predicted molar refractivity (Wildman–Crippen MR) is 83.1 cm³/mol. The van der Waals surface area contributed by atoms with E-state index in [1.165, 1.54) is 0 Å². The highest BCUT2D eigenvalue weighted by atomic mass is 16.4. The minimum atomic E-state index is -0.843. The number of amides is 1. The molecule has 7 heteroatoms. The molecule has 0 radical (unpaired) electrons. The number of hydrogen-bond acceptors (Lipinski definition) is 4. The van der Waals surface area contributed by atoms with E-state index in [1.807, 2.05) is 18.2 Å². The van der Waals surface area contributed by atoms with E-state index in [0.29, 0.717) is 37.1 Å². The zero-order valence-electron chi connectivity index (χ0n) is 12.8. The maximum absolute atomic E-state index is 12.5. The lowest BCUT2D eigenvalue weighted by molar-refractivity contribution is -0.139. The van der Waals surface area contributed by atoms with E-state index in [9.17, 15) is 14.7 Å². The van der Waals surface area contributed by atoms with E-state index in [0.717, 1.165) is 5.69 Å². The maximum Gasteiger partial charge on any atom is 0.311 e. The molecule has 0 aliphatic carbocycles. The van der Waals surface area contributed by atoms with Crippen molar-refractivity contribution in [3.05, 3.63) is 41.7 Å². The fourth-order valence-electron chi connectivity index (χ4n) is 2.96. The number of anilines is 1.